The van der Waals surface area contributed by atoms with Gasteiger partial charge in [0.2, 0.25) is 0 Å². The van der Waals surface area contributed by atoms with E-state index in [1.54, 1.807) is 27.8 Å². The Morgan fingerprint density at radius 1 is 0.256 bits per heavy atom. The maximum atomic E-state index is 2.48. The summed E-state index contributed by atoms with van der Waals surface area (Å²) in [6.07, 6.45) is 42.9. The van der Waals surface area contributed by atoms with Crippen molar-refractivity contribution in [1.82, 2.24) is 0 Å². The molecular formula is C90H80. The van der Waals surface area contributed by atoms with E-state index >= 15 is 0 Å². The van der Waals surface area contributed by atoms with Crippen LogP contribution in [-0.2, 0) is 77.0 Å². The number of benzene rings is 11. The molecule has 11 aromatic rings. The normalized spacial score (nSPS) is 15.7. The van der Waals surface area contributed by atoms with E-state index in [1.165, 1.54) is 181 Å². The Balaban J connectivity index is 0.0000000922. The quantitative estimate of drug-likeness (QED) is 0.105. The summed E-state index contributed by atoms with van der Waals surface area (Å²) in [5.41, 5.74) is 31.4. The maximum Gasteiger partial charge on any atom is 0.0166 e. The van der Waals surface area contributed by atoms with Gasteiger partial charge in [0, 0.05) is 5.92 Å². The second-order valence-corrected chi connectivity index (χ2v) is 25.3. The number of aryl methyl sites for hydroxylation is 8. The second-order valence-electron chi connectivity index (χ2n) is 25.3. The smallest absolute Gasteiger partial charge is 0.0166 e. The first kappa shape index (κ1) is 58.1. The molecule has 0 saturated carbocycles. The van der Waals surface area contributed by atoms with E-state index in [4.69, 9.17) is 0 Å². The molecular weight excluding hydrogens is 1080 g/mol. The Kier molecular flexibility index (Phi) is 18.0. The Morgan fingerprint density at radius 2 is 0.656 bits per heavy atom. The van der Waals surface area contributed by atoms with Gasteiger partial charge in [-0.3, -0.25) is 0 Å². The van der Waals surface area contributed by atoms with Crippen LogP contribution >= 0.6 is 0 Å². The summed E-state index contributed by atoms with van der Waals surface area (Å²) >= 11 is 0. The first-order chi connectivity index (χ1) is 44.6. The van der Waals surface area contributed by atoms with Gasteiger partial charge in [0.15, 0.2) is 0 Å². The number of rotatable bonds is 0. The van der Waals surface area contributed by atoms with E-state index in [2.05, 4.69) is 297 Å². The summed E-state index contributed by atoms with van der Waals surface area (Å²) in [5.74, 6) is 0.676. The van der Waals surface area contributed by atoms with Crippen molar-refractivity contribution in [3.8, 4) is 11.1 Å². The summed E-state index contributed by atoms with van der Waals surface area (Å²) in [6, 6.07) is 83.3. The van der Waals surface area contributed by atoms with E-state index in [9.17, 15) is 0 Å². The largest absolute Gasteiger partial charge is 0.0835 e. The van der Waals surface area contributed by atoms with Crippen LogP contribution in [0.5, 0.6) is 0 Å². The predicted octanol–water partition coefficient (Wildman–Crippen LogP) is 22.1. The minimum atomic E-state index is 0.676. The lowest BCUT2D eigenvalue weighted by Crippen LogP contribution is -2.02. The molecule has 0 nitrogen and oxygen atoms in total. The van der Waals surface area contributed by atoms with Gasteiger partial charge < -0.3 is 0 Å². The van der Waals surface area contributed by atoms with Crippen molar-refractivity contribution in [3.63, 3.8) is 0 Å². The van der Waals surface area contributed by atoms with Crippen molar-refractivity contribution in [1.29, 1.82) is 0 Å². The fourth-order valence-corrected chi connectivity index (χ4v) is 14.7. The van der Waals surface area contributed by atoms with Gasteiger partial charge in [-0.15, -0.1) is 0 Å². The van der Waals surface area contributed by atoms with Gasteiger partial charge in [-0.25, -0.2) is 0 Å². The van der Waals surface area contributed by atoms with E-state index < -0.39 is 0 Å². The van der Waals surface area contributed by atoms with E-state index in [0.29, 0.717) is 5.92 Å². The van der Waals surface area contributed by atoms with Crippen LogP contribution in [0.3, 0.4) is 0 Å². The molecule has 0 heterocycles. The molecule has 0 aromatic heterocycles. The molecule has 1 unspecified atom stereocenters. The van der Waals surface area contributed by atoms with Crippen LogP contribution in [0, 0.1) is 5.92 Å². The van der Waals surface area contributed by atoms with Crippen LogP contribution in [-0.4, -0.2) is 0 Å². The van der Waals surface area contributed by atoms with Crippen LogP contribution in [0.2, 0.25) is 0 Å². The summed E-state index contributed by atoms with van der Waals surface area (Å²) in [7, 11) is 0. The van der Waals surface area contributed by atoms with Crippen LogP contribution < -0.4 is 0 Å². The van der Waals surface area contributed by atoms with Gasteiger partial charge in [-0.1, -0.05) is 303 Å². The SMILES string of the molecule is C1=CC2C=CCC2=C1.C1=Cc2cc3c(cc2C1)C=CC3.C1=Cc2ccccc2Cc2ccccc21.c1c2c(cc3c1CCC3)CCC2.c1ccc2c(c1)CCc1ccccc1-2.c1ccc2c(c1)CCc1ccccc1C2.c1ccc2c(c1)ccc1ccccc12. The molecule has 9 aliphatic rings. The third-order valence-corrected chi connectivity index (χ3v) is 19.6. The first-order valence-corrected chi connectivity index (χ1v) is 33.3. The zero-order chi connectivity index (χ0) is 60.3. The van der Waals surface area contributed by atoms with Crippen LogP contribution in [0.25, 0.3) is 57.0 Å². The monoisotopic (exact) mass is 1160 g/mol. The number of allylic oxidation sites excluding steroid dienone is 8. The molecule has 1 atom stereocenters. The molecule has 0 N–H and O–H groups in total. The van der Waals surface area contributed by atoms with Crippen molar-refractivity contribution in [2.45, 2.75) is 96.3 Å². The topological polar surface area (TPSA) is 0 Å². The molecule has 9 aliphatic carbocycles. The van der Waals surface area contributed by atoms with Crippen molar-refractivity contribution < 1.29 is 0 Å². The molecule has 20 rings (SSSR count). The average Bonchev–Trinajstić information content (AvgIpc) is 2.10. The number of fused-ring (bicyclic) bond motifs is 15. The lowest BCUT2D eigenvalue weighted by Gasteiger charge is -2.19. The first-order valence-electron chi connectivity index (χ1n) is 33.3. The highest BCUT2D eigenvalue weighted by Crippen LogP contribution is 2.35. The molecule has 90 heavy (non-hydrogen) atoms. The molecule has 0 spiro atoms. The van der Waals surface area contributed by atoms with E-state index in [1.807, 2.05) is 0 Å². The fourth-order valence-electron chi connectivity index (χ4n) is 14.7. The Morgan fingerprint density at radius 3 is 1.14 bits per heavy atom. The van der Waals surface area contributed by atoms with Gasteiger partial charge >= 0.3 is 0 Å². The molecule has 0 fully saturated rings. The summed E-state index contributed by atoms with van der Waals surface area (Å²) in [5, 5.41) is 5.30. The lowest BCUT2D eigenvalue weighted by molar-refractivity contribution is 0.897. The van der Waals surface area contributed by atoms with E-state index in [-0.39, 0.29) is 0 Å². The molecule has 0 amide bonds. The second kappa shape index (κ2) is 27.8. The third kappa shape index (κ3) is 13.5. The fraction of sp³-hybridized carbons (Fsp3) is 0.178. The Hall–Kier alpha value is -9.62. The van der Waals surface area contributed by atoms with Gasteiger partial charge in [-0.2, -0.15) is 0 Å². The lowest BCUT2D eigenvalue weighted by atomic mass is 9.86. The highest BCUT2D eigenvalue weighted by Gasteiger charge is 2.19. The standard InChI is InChI=1S/C15H14.C15H12.C14H12.C14H10.C12H14.C12H10.C8H8/c2*1-3-7-14-11-15-8-4-2-6-13(15)10-9-12(14)5-1;2*1-3-7-13-11(5-1)9-10-12-6-2-4-8-14(12)13;2*1-3-9-7-11-5-2-6-12(11)8-10(9)4-1;1-3-7-5-2-6-8(7)4-1/h1-8H,9-11H2;1-10H,11H2;1-8H,9-10H2;1-10H;7-8H,1-6H2;1-3,6-8H,4-5H2;1-5,7H,6H2. The molecule has 440 valence electrons. The number of hydrogen-bond acceptors (Lipinski definition) is 0. The van der Waals surface area contributed by atoms with Crippen LogP contribution in [0.1, 0.15) is 119 Å². The minimum absolute atomic E-state index is 0.676. The molecule has 0 saturated heterocycles. The van der Waals surface area contributed by atoms with Gasteiger partial charge in [0.25, 0.3) is 0 Å². The predicted molar refractivity (Wildman–Crippen MR) is 385 cm³/mol. The zero-order valence-corrected chi connectivity index (χ0v) is 52.0. The summed E-state index contributed by atoms with van der Waals surface area (Å²) in [6.45, 7) is 0. The molecule has 11 aromatic carbocycles. The van der Waals surface area contributed by atoms with Crippen LogP contribution in [0.4, 0.5) is 0 Å². The Bertz CT molecular complexity index is 4290. The van der Waals surface area contributed by atoms with Crippen molar-refractivity contribution >= 4 is 45.8 Å². The van der Waals surface area contributed by atoms with Gasteiger partial charge in [0.05, 0.1) is 0 Å². The minimum Gasteiger partial charge on any atom is -0.0835 e. The molecule has 0 heteroatoms. The molecule has 0 bridgehead atoms. The van der Waals surface area contributed by atoms with Crippen molar-refractivity contribution in [2.75, 3.05) is 0 Å². The van der Waals surface area contributed by atoms with Crippen LogP contribution in [0.15, 0.2) is 279 Å². The average molecular weight is 1160 g/mol. The Labute approximate surface area is 534 Å². The van der Waals surface area contributed by atoms with Gasteiger partial charge in [-0.05, 0) is 229 Å². The maximum absolute atomic E-state index is 2.48. The highest BCUT2D eigenvalue weighted by atomic mass is 14.2. The third-order valence-electron chi connectivity index (χ3n) is 19.6. The summed E-state index contributed by atoms with van der Waals surface area (Å²) in [4.78, 5) is 0. The number of hydrogen-bond donors (Lipinski definition) is 0. The summed E-state index contributed by atoms with van der Waals surface area (Å²) < 4.78 is 0. The highest BCUT2D eigenvalue weighted by molar-refractivity contribution is 6.07. The van der Waals surface area contributed by atoms with Crippen molar-refractivity contribution in [2.24, 2.45) is 5.92 Å². The van der Waals surface area contributed by atoms with Crippen molar-refractivity contribution in [3.05, 3.63) is 379 Å². The molecule has 0 aliphatic heterocycles. The zero-order valence-electron chi connectivity index (χ0n) is 52.0. The molecule has 0 radical (unpaired) electrons. The van der Waals surface area contributed by atoms with E-state index in [0.717, 1.165) is 25.7 Å². The van der Waals surface area contributed by atoms with Gasteiger partial charge in [0.1, 0.15) is 0 Å².